The molecule has 112 valence electrons. The van der Waals surface area contributed by atoms with Crippen LogP contribution in [0.4, 0.5) is 0 Å². The number of nitrogens with two attached hydrogens (primary N) is 1. The van der Waals surface area contributed by atoms with Crippen molar-refractivity contribution in [3.8, 4) is 0 Å². The zero-order chi connectivity index (χ0) is 14.5. The predicted molar refractivity (Wildman–Crippen MR) is 79.1 cm³/mol. The van der Waals surface area contributed by atoms with Gasteiger partial charge in [-0.25, -0.2) is 0 Å². The van der Waals surface area contributed by atoms with Crippen LogP contribution in [0, 0.1) is 12.8 Å². The fourth-order valence-corrected chi connectivity index (χ4v) is 2.49. The van der Waals surface area contributed by atoms with E-state index in [1.165, 1.54) is 0 Å². The molecule has 1 saturated carbocycles. The lowest BCUT2D eigenvalue weighted by molar-refractivity contribution is -0.133. The summed E-state index contributed by atoms with van der Waals surface area (Å²) in [7, 11) is 0. The molecule has 0 radical (unpaired) electrons. The lowest BCUT2D eigenvalue weighted by atomic mass is 10.0. The first-order valence-electron chi connectivity index (χ1n) is 7.65. The van der Waals surface area contributed by atoms with Gasteiger partial charge < -0.3 is 15.1 Å². The number of rotatable bonds is 8. The molecule has 4 heteroatoms. The quantitative estimate of drug-likeness (QED) is 0.795. The van der Waals surface area contributed by atoms with Gasteiger partial charge in [0.05, 0.1) is 6.54 Å². The molecule has 0 saturated heterocycles. The number of carbonyl (C=O) groups excluding carboxylic acids is 1. The summed E-state index contributed by atoms with van der Waals surface area (Å²) in [5.74, 6) is 2.57. The minimum atomic E-state index is 0.255. The minimum absolute atomic E-state index is 0.255. The molecule has 1 aliphatic rings. The van der Waals surface area contributed by atoms with Gasteiger partial charge in [-0.2, -0.15) is 0 Å². The van der Waals surface area contributed by atoms with Crippen LogP contribution in [0.5, 0.6) is 0 Å². The van der Waals surface area contributed by atoms with E-state index in [4.69, 9.17) is 10.2 Å². The van der Waals surface area contributed by atoms with Crippen LogP contribution < -0.4 is 5.73 Å². The Labute approximate surface area is 121 Å². The molecule has 1 amide bonds. The van der Waals surface area contributed by atoms with Gasteiger partial charge in [-0.1, -0.05) is 6.92 Å². The van der Waals surface area contributed by atoms with Gasteiger partial charge in [0.25, 0.3) is 0 Å². The number of hydrogen-bond acceptors (Lipinski definition) is 3. The normalized spacial score (nSPS) is 16.1. The largest absolute Gasteiger partial charge is 0.464 e. The highest BCUT2D eigenvalue weighted by atomic mass is 16.3. The monoisotopic (exact) mass is 278 g/mol. The lowest BCUT2D eigenvalue weighted by Crippen LogP contribution is -2.32. The Morgan fingerprint density at radius 2 is 2.20 bits per heavy atom. The zero-order valence-corrected chi connectivity index (χ0v) is 12.6. The van der Waals surface area contributed by atoms with Gasteiger partial charge >= 0.3 is 0 Å². The molecule has 0 spiro atoms. The molecular weight excluding hydrogens is 252 g/mol. The molecule has 2 rings (SSSR count). The maximum Gasteiger partial charge on any atom is 0.223 e. The molecule has 1 aliphatic carbocycles. The third-order valence-electron chi connectivity index (χ3n) is 3.94. The molecule has 1 unspecified atom stereocenters. The van der Waals surface area contributed by atoms with Crippen LogP contribution in [-0.2, 0) is 11.3 Å². The Kier molecular flexibility index (Phi) is 5.24. The number of hydrogen-bond donors (Lipinski definition) is 1. The molecule has 1 atom stereocenters. The van der Waals surface area contributed by atoms with Crippen molar-refractivity contribution in [1.29, 1.82) is 0 Å². The van der Waals surface area contributed by atoms with Crippen LogP contribution in [0.25, 0.3) is 0 Å². The van der Waals surface area contributed by atoms with Gasteiger partial charge in [0, 0.05) is 12.5 Å². The fraction of sp³-hybridized carbons (Fsp3) is 0.688. The van der Waals surface area contributed by atoms with Crippen LogP contribution in [0.3, 0.4) is 0 Å². The highest BCUT2D eigenvalue weighted by Gasteiger charge is 2.32. The second kappa shape index (κ2) is 6.93. The van der Waals surface area contributed by atoms with E-state index >= 15 is 0 Å². The number of amides is 1. The summed E-state index contributed by atoms with van der Waals surface area (Å²) < 4.78 is 5.60. The Bertz CT molecular complexity index is 437. The summed E-state index contributed by atoms with van der Waals surface area (Å²) in [6.07, 6.45) is 4.80. The van der Waals surface area contributed by atoms with Crippen molar-refractivity contribution in [3.05, 3.63) is 23.7 Å². The van der Waals surface area contributed by atoms with Gasteiger partial charge in [0.2, 0.25) is 5.91 Å². The fourth-order valence-electron chi connectivity index (χ4n) is 2.49. The van der Waals surface area contributed by atoms with Gasteiger partial charge in [-0.3, -0.25) is 4.79 Å². The summed E-state index contributed by atoms with van der Waals surface area (Å²) in [6, 6.07) is 4.35. The Morgan fingerprint density at radius 3 is 2.75 bits per heavy atom. The van der Waals surface area contributed by atoms with Gasteiger partial charge in [-0.15, -0.1) is 0 Å². The van der Waals surface area contributed by atoms with Crippen LogP contribution in [-0.4, -0.2) is 23.4 Å². The number of furan rings is 1. The molecule has 1 aromatic heterocycles. The summed E-state index contributed by atoms with van der Waals surface area (Å²) in [5.41, 5.74) is 5.55. The van der Waals surface area contributed by atoms with Crippen molar-refractivity contribution in [3.63, 3.8) is 0 Å². The molecule has 0 bridgehead atoms. The molecule has 2 N–H and O–H groups in total. The van der Waals surface area contributed by atoms with E-state index in [9.17, 15) is 4.79 Å². The van der Waals surface area contributed by atoms with Gasteiger partial charge in [0.15, 0.2) is 0 Å². The predicted octanol–water partition coefficient (Wildman–Crippen LogP) is 2.84. The number of aryl methyl sites for hydroxylation is 1. The van der Waals surface area contributed by atoms with E-state index in [2.05, 4.69) is 6.92 Å². The van der Waals surface area contributed by atoms with E-state index in [-0.39, 0.29) is 5.91 Å². The first-order valence-corrected chi connectivity index (χ1v) is 7.65. The third-order valence-corrected chi connectivity index (χ3v) is 3.94. The Morgan fingerprint density at radius 1 is 1.45 bits per heavy atom. The molecule has 4 nitrogen and oxygen atoms in total. The third kappa shape index (κ3) is 4.37. The number of nitrogens with zero attached hydrogens (tertiary/aromatic N) is 1. The molecule has 1 fully saturated rings. The van der Waals surface area contributed by atoms with Crippen molar-refractivity contribution in [2.45, 2.75) is 58.5 Å². The van der Waals surface area contributed by atoms with Crippen molar-refractivity contribution in [2.24, 2.45) is 11.7 Å². The maximum absolute atomic E-state index is 12.4. The molecular formula is C16H26N2O2. The highest BCUT2D eigenvalue weighted by Crippen LogP contribution is 2.29. The van der Waals surface area contributed by atoms with E-state index in [1.807, 2.05) is 24.0 Å². The standard InChI is InChI=1S/C16H26N2O2/c1-12(9-10-17)3-8-16(19)18(14-5-6-14)11-15-7-4-13(2)20-15/h4,7,12,14H,3,5-6,8-11,17H2,1-2H3. The average molecular weight is 278 g/mol. The summed E-state index contributed by atoms with van der Waals surface area (Å²) >= 11 is 0. The summed E-state index contributed by atoms with van der Waals surface area (Å²) in [4.78, 5) is 14.4. The second-order valence-electron chi connectivity index (χ2n) is 5.99. The average Bonchev–Trinajstić information content (AvgIpc) is 3.17. The molecule has 20 heavy (non-hydrogen) atoms. The van der Waals surface area contributed by atoms with Crippen molar-refractivity contribution in [2.75, 3.05) is 6.54 Å². The van der Waals surface area contributed by atoms with E-state index in [1.54, 1.807) is 0 Å². The van der Waals surface area contributed by atoms with E-state index in [0.717, 1.165) is 37.2 Å². The molecule has 0 aliphatic heterocycles. The van der Waals surface area contributed by atoms with Crippen LogP contribution in [0.1, 0.15) is 50.5 Å². The summed E-state index contributed by atoms with van der Waals surface area (Å²) in [6.45, 7) is 5.41. The van der Waals surface area contributed by atoms with Crippen molar-refractivity contribution >= 4 is 5.91 Å². The summed E-state index contributed by atoms with van der Waals surface area (Å²) in [5, 5.41) is 0. The lowest BCUT2D eigenvalue weighted by Gasteiger charge is -2.22. The van der Waals surface area contributed by atoms with Crippen molar-refractivity contribution < 1.29 is 9.21 Å². The van der Waals surface area contributed by atoms with Crippen LogP contribution in [0.15, 0.2) is 16.5 Å². The number of carbonyl (C=O) groups is 1. The van der Waals surface area contributed by atoms with Crippen molar-refractivity contribution in [1.82, 2.24) is 4.90 Å². The van der Waals surface area contributed by atoms with E-state index in [0.29, 0.717) is 31.5 Å². The van der Waals surface area contributed by atoms with Crippen LogP contribution >= 0.6 is 0 Å². The van der Waals surface area contributed by atoms with Crippen LogP contribution in [0.2, 0.25) is 0 Å². The Hall–Kier alpha value is -1.29. The minimum Gasteiger partial charge on any atom is -0.464 e. The SMILES string of the molecule is Cc1ccc(CN(C(=O)CCC(C)CCN)C2CC2)o1. The smallest absolute Gasteiger partial charge is 0.223 e. The van der Waals surface area contributed by atoms with E-state index < -0.39 is 0 Å². The first kappa shape index (κ1) is 15.1. The highest BCUT2D eigenvalue weighted by molar-refractivity contribution is 5.76. The Balaban J connectivity index is 1.86. The second-order valence-corrected chi connectivity index (χ2v) is 5.99. The molecule has 1 heterocycles. The zero-order valence-electron chi connectivity index (χ0n) is 12.6. The molecule has 1 aromatic rings. The van der Waals surface area contributed by atoms with Gasteiger partial charge in [0.1, 0.15) is 11.5 Å². The first-order chi connectivity index (χ1) is 9.60. The molecule has 0 aromatic carbocycles. The maximum atomic E-state index is 12.4. The van der Waals surface area contributed by atoms with Gasteiger partial charge in [-0.05, 0) is 57.2 Å². The topological polar surface area (TPSA) is 59.5 Å².